The molecule has 0 aromatic heterocycles. The smallest absolute Gasteiger partial charge is 0.258 e. The van der Waals surface area contributed by atoms with Gasteiger partial charge in [0.2, 0.25) is 0 Å². The number of ether oxygens (including phenoxy) is 2. The molecule has 2 saturated heterocycles. The molecule has 2 aliphatic rings. The van der Waals surface area contributed by atoms with Crippen molar-refractivity contribution in [2.24, 2.45) is 0 Å². The predicted octanol–water partition coefficient (Wildman–Crippen LogP) is 3.55. The fraction of sp³-hybridized carbons (Fsp3) is 0.435. The molecule has 0 bridgehead atoms. The van der Waals surface area contributed by atoms with E-state index in [4.69, 9.17) is 9.47 Å². The molecule has 154 valence electrons. The standard InChI is InChI=1S/C23H27FN2O3/c1-25-13-5-7-19-21(25)18(15-9-11-16(24)12-10-15)14-26(19)23(27)17-6-4-8-20(28-2)22(17)29-3/h4,6,8-12,18-19,21H,5,7,13-14H2,1-3H3/t18-,19-,21-/m1/s1. The second-order valence-electron chi connectivity index (χ2n) is 7.84. The Hall–Kier alpha value is -2.60. The minimum absolute atomic E-state index is 0.0457. The number of rotatable bonds is 4. The van der Waals surface area contributed by atoms with Crippen molar-refractivity contribution in [3.8, 4) is 11.5 Å². The number of methoxy groups -OCH3 is 2. The van der Waals surface area contributed by atoms with Crippen LogP contribution in [0.4, 0.5) is 4.39 Å². The van der Waals surface area contributed by atoms with E-state index >= 15 is 0 Å². The van der Waals surface area contributed by atoms with E-state index in [0.29, 0.717) is 23.6 Å². The number of carbonyl (C=O) groups excluding carboxylic acids is 1. The zero-order chi connectivity index (χ0) is 20.5. The van der Waals surface area contributed by atoms with Crippen LogP contribution < -0.4 is 9.47 Å². The summed E-state index contributed by atoms with van der Waals surface area (Å²) >= 11 is 0. The largest absolute Gasteiger partial charge is 0.493 e. The van der Waals surface area contributed by atoms with Crippen molar-refractivity contribution in [3.05, 3.63) is 59.4 Å². The number of likely N-dealkylation sites (N-methyl/N-ethyl adjacent to an activating group) is 1. The number of para-hydroxylation sites is 1. The summed E-state index contributed by atoms with van der Waals surface area (Å²) in [5.74, 6) is 0.868. The number of amides is 1. The highest BCUT2D eigenvalue weighted by atomic mass is 19.1. The Bertz CT molecular complexity index is 886. The molecular formula is C23H27FN2O3. The third-order valence-corrected chi connectivity index (χ3v) is 6.31. The van der Waals surface area contributed by atoms with Gasteiger partial charge in [0.25, 0.3) is 5.91 Å². The summed E-state index contributed by atoms with van der Waals surface area (Å²) in [7, 11) is 5.24. The zero-order valence-electron chi connectivity index (χ0n) is 17.1. The highest BCUT2D eigenvalue weighted by Gasteiger charge is 2.48. The number of nitrogens with zero attached hydrogens (tertiary/aromatic N) is 2. The number of piperidine rings is 1. The van der Waals surface area contributed by atoms with Crippen LogP contribution in [0.25, 0.3) is 0 Å². The molecule has 2 aromatic carbocycles. The van der Waals surface area contributed by atoms with Crippen LogP contribution >= 0.6 is 0 Å². The Morgan fingerprint density at radius 3 is 2.55 bits per heavy atom. The van der Waals surface area contributed by atoms with Gasteiger partial charge in [0.15, 0.2) is 11.5 Å². The van der Waals surface area contributed by atoms with E-state index in [2.05, 4.69) is 11.9 Å². The van der Waals surface area contributed by atoms with Crippen molar-refractivity contribution in [2.75, 3.05) is 34.4 Å². The Kier molecular flexibility index (Phi) is 5.46. The number of benzene rings is 2. The molecule has 6 heteroatoms. The molecular weight excluding hydrogens is 371 g/mol. The maximum atomic E-state index is 13.6. The van der Waals surface area contributed by atoms with Gasteiger partial charge in [0, 0.05) is 24.5 Å². The summed E-state index contributed by atoms with van der Waals surface area (Å²) in [6, 6.07) is 12.4. The SMILES string of the molecule is COc1cccc(C(=O)N2C[C@H](c3ccc(F)cc3)[C@@H]3[C@H]2CCCN3C)c1OC. The van der Waals surface area contributed by atoms with Crippen molar-refractivity contribution in [1.29, 1.82) is 0 Å². The number of halogens is 1. The summed E-state index contributed by atoms with van der Waals surface area (Å²) in [5.41, 5.74) is 1.58. The van der Waals surface area contributed by atoms with Gasteiger partial charge < -0.3 is 19.3 Å². The lowest BCUT2D eigenvalue weighted by molar-refractivity contribution is 0.0625. The predicted molar refractivity (Wildman–Crippen MR) is 109 cm³/mol. The number of hydrogen-bond acceptors (Lipinski definition) is 4. The Morgan fingerprint density at radius 1 is 1.10 bits per heavy atom. The molecule has 3 atom stereocenters. The average molecular weight is 398 g/mol. The highest BCUT2D eigenvalue weighted by molar-refractivity contribution is 5.98. The minimum Gasteiger partial charge on any atom is -0.493 e. The van der Waals surface area contributed by atoms with E-state index in [1.54, 1.807) is 26.4 Å². The molecule has 1 amide bonds. The van der Waals surface area contributed by atoms with Crippen molar-refractivity contribution in [3.63, 3.8) is 0 Å². The number of fused-ring (bicyclic) bond motifs is 1. The molecule has 2 heterocycles. The van der Waals surface area contributed by atoms with E-state index < -0.39 is 0 Å². The Morgan fingerprint density at radius 2 is 1.86 bits per heavy atom. The molecule has 2 aliphatic heterocycles. The molecule has 4 rings (SSSR count). The van der Waals surface area contributed by atoms with Gasteiger partial charge in [-0.05, 0) is 56.3 Å². The lowest BCUT2D eigenvalue weighted by atomic mass is 9.86. The molecule has 5 nitrogen and oxygen atoms in total. The number of carbonyl (C=O) groups is 1. The maximum absolute atomic E-state index is 13.6. The van der Waals surface area contributed by atoms with Crippen LogP contribution in [0.5, 0.6) is 11.5 Å². The molecule has 2 aromatic rings. The number of likely N-dealkylation sites (tertiary alicyclic amines) is 2. The third-order valence-electron chi connectivity index (χ3n) is 6.31. The molecule has 2 fully saturated rings. The van der Waals surface area contributed by atoms with Gasteiger partial charge >= 0.3 is 0 Å². The van der Waals surface area contributed by atoms with Crippen molar-refractivity contribution in [2.45, 2.75) is 30.8 Å². The molecule has 0 aliphatic carbocycles. The van der Waals surface area contributed by atoms with Gasteiger partial charge in [-0.3, -0.25) is 4.79 Å². The van der Waals surface area contributed by atoms with Gasteiger partial charge in [-0.25, -0.2) is 4.39 Å². The van der Waals surface area contributed by atoms with Crippen LogP contribution in [0.15, 0.2) is 42.5 Å². The topological polar surface area (TPSA) is 42.0 Å². The van der Waals surface area contributed by atoms with Crippen molar-refractivity contribution in [1.82, 2.24) is 9.80 Å². The lowest BCUT2D eigenvalue weighted by Gasteiger charge is -2.39. The van der Waals surface area contributed by atoms with Crippen LogP contribution in [0, 0.1) is 5.82 Å². The zero-order valence-corrected chi connectivity index (χ0v) is 17.1. The summed E-state index contributed by atoms with van der Waals surface area (Å²) < 4.78 is 24.3. The van der Waals surface area contributed by atoms with Gasteiger partial charge in [0.05, 0.1) is 19.8 Å². The van der Waals surface area contributed by atoms with Gasteiger partial charge in [-0.2, -0.15) is 0 Å². The normalized spacial score (nSPS) is 24.3. The fourth-order valence-corrected chi connectivity index (χ4v) is 4.99. The van der Waals surface area contributed by atoms with Crippen LogP contribution in [0.2, 0.25) is 0 Å². The van der Waals surface area contributed by atoms with Crippen molar-refractivity contribution < 1.29 is 18.7 Å². The highest BCUT2D eigenvalue weighted by Crippen LogP contribution is 2.41. The first-order valence-electron chi connectivity index (χ1n) is 10.0. The molecule has 0 unspecified atom stereocenters. The summed E-state index contributed by atoms with van der Waals surface area (Å²) in [6.07, 6.45) is 2.01. The minimum atomic E-state index is -0.241. The van der Waals surface area contributed by atoms with Crippen LogP contribution in [-0.2, 0) is 0 Å². The first kappa shape index (κ1) is 19.7. The van der Waals surface area contributed by atoms with Gasteiger partial charge in [-0.1, -0.05) is 18.2 Å². The monoisotopic (exact) mass is 398 g/mol. The van der Waals surface area contributed by atoms with Crippen molar-refractivity contribution >= 4 is 5.91 Å². The Labute approximate surface area is 171 Å². The average Bonchev–Trinajstić information content (AvgIpc) is 3.14. The Balaban J connectivity index is 1.70. The fourth-order valence-electron chi connectivity index (χ4n) is 4.99. The maximum Gasteiger partial charge on any atom is 0.258 e. The van der Waals surface area contributed by atoms with E-state index in [1.165, 1.54) is 12.1 Å². The lowest BCUT2D eigenvalue weighted by Crippen LogP contribution is -2.50. The van der Waals surface area contributed by atoms with E-state index in [1.807, 2.05) is 23.1 Å². The molecule has 0 radical (unpaired) electrons. The molecule has 0 saturated carbocycles. The quantitative estimate of drug-likeness (QED) is 0.790. The summed E-state index contributed by atoms with van der Waals surface area (Å²) in [6.45, 7) is 1.61. The van der Waals surface area contributed by atoms with E-state index in [-0.39, 0.29) is 29.7 Å². The van der Waals surface area contributed by atoms with Gasteiger partial charge in [0.1, 0.15) is 5.82 Å². The molecule has 0 N–H and O–H groups in total. The van der Waals surface area contributed by atoms with Crippen LogP contribution in [0.1, 0.15) is 34.7 Å². The number of hydrogen-bond donors (Lipinski definition) is 0. The summed E-state index contributed by atoms with van der Waals surface area (Å²) in [5, 5.41) is 0. The second-order valence-corrected chi connectivity index (χ2v) is 7.84. The van der Waals surface area contributed by atoms with Gasteiger partial charge in [-0.15, -0.1) is 0 Å². The van der Waals surface area contributed by atoms with E-state index in [0.717, 1.165) is 24.9 Å². The second kappa shape index (κ2) is 8.03. The first-order valence-corrected chi connectivity index (χ1v) is 10.0. The van der Waals surface area contributed by atoms with Crippen LogP contribution in [0.3, 0.4) is 0 Å². The first-order chi connectivity index (χ1) is 14.0. The molecule has 0 spiro atoms. The van der Waals surface area contributed by atoms with Crippen LogP contribution in [-0.4, -0.2) is 62.1 Å². The third kappa shape index (κ3) is 3.46. The molecule has 29 heavy (non-hydrogen) atoms. The summed E-state index contributed by atoms with van der Waals surface area (Å²) in [4.78, 5) is 17.9. The van der Waals surface area contributed by atoms with E-state index in [9.17, 15) is 9.18 Å².